The molecule has 0 aliphatic heterocycles. The van der Waals surface area contributed by atoms with Crippen LogP contribution in [0, 0.1) is 0 Å². The summed E-state index contributed by atoms with van der Waals surface area (Å²) in [5, 5.41) is 1.71. The van der Waals surface area contributed by atoms with Crippen molar-refractivity contribution in [1.29, 1.82) is 0 Å². The van der Waals surface area contributed by atoms with Gasteiger partial charge in [-0.2, -0.15) is 4.28 Å². The summed E-state index contributed by atoms with van der Waals surface area (Å²) in [6.45, 7) is 0. The van der Waals surface area contributed by atoms with Crippen molar-refractivity contribution in [3.8, 4) is 0 Å². The normalized spacial score (nSPS) is 12.5. The molecule has 1 unspecified atom stereocenters. The first-order chi connectivity index (χ1) is 6.09. The van der Waals surface area contributed by atoms with E-state index in [2.05, 4.69) is 4.28 Å². The third-order valence-electron chi connectivity index (χ3n) is 1.36. The van der Waals surface area contributed by atoms with E-state index in [4.69, 9.17) is 11.6 Å². The van der Waals surface area contributed by atoms with Crippen molar-refractivity contribution in [3.05, 3.63) is 29.3 Å². The fourth-order valence-corrected chi connectivity index (χ4v) is 1.18. The summed E-state index contributed by atoms with van der Waals surface area (Å²) in [6.07, 6.45) is 0. The van der Waals surface area contributed by atoms with Gasteiger partial charge in [-0.25, -0.2) is 9.27 Å². The van der Waals surface area contributed by atoms with Crippen molar-refractivity contribution < 1.29 is 13.0 Å². The first-order valence-corrected chi connectivity index (χ1v) is 4.74. The molecule has 13 heavy (non-hydrogen) atoms. The summed E-state index contributed by atoms with van der Waals surface area (Å²) in [6, 6.07) is 6.58. The molecule has 1 atom stereocenters. The molecule has 72 valence electrons. The fourth-order valence-electron chi connectivity index (χ4n) is 0.785. The quantitative estimate of drug-likeness (QED) is 0.572. The highest BCUT2D eigenvalue weighted by atomic mass is 35.5. The van der Waals surface area contributed by atoms with Gasteiger partial charge >= 0.3 is 0 Å². The van der Waals surface area contributed by atoms with E-state index >= 15 is 0 Å². The van der Waals surface area contributed by atoms with E-state index in [0.29, 0.717) is 10.7 Å². The molecule has 1 rings (SSSR count). The van der Waals surface area contributed by atoms with Crippen molar-refractivity contribution in [2.75, 3.05) is 12.1 Å². The number of halogens is 1. The molecule has 4 nitrogen and oxygen atoms in total. The second-order valence-electron chi connectivity index (χ2n) is 2.25. The van der Waals surface area contributed by atoms with Crippen LogP contribution < -0.4 is 5.06 Å². The van der Waals surface area contributed by atoms with Crippen molar-refractivity contribution in [2.24, 2.45) is 0 Å². The van der Waals surface area contributed by atoms with Crippen LogP contribution in [0.5, 0.6) is 0 Å². The van der Waals surface area contributed by atoms with Crippen LogP contribution >= 0.6 is 11.6 Å². The molecule has 0 amide bonds. The van der Waals surface area contributed by atoms with Gasteiger partial charge in [0, 0.05) is 12.1 Å². The molecule has 0 saturated heterocycles. The number of hydrogen-bond acceptors (Lipinski definition) is 4. The van der Waals surface area contributed by atoms with Gasteiger partial charge in [-0.3, -0.25) is 0 Å². The van der Waals surface area contributed by atoms with Gasteiger partial charge in [0.1, 0.15) is 11.4 Å². The molecule has 1 aromatic rings. The maximum Gasteiger partial charge on any atom is 0.112 e. The van der Waals surface area contributed by atoms with E-state index < -0.39 is 11.4 Å². The largest absolute Gasteiger partial charge is 0.748 e. The van der Waals surface area contributed by atoms with E-state index in [-0.39, 0.29) is 0 Å². The minimum absolute atomic E-state index is 0.584. The van der Waals surface area contributed by atoms with Crippen LogP contribution in [0.2, 0.25) is 5.02 Å². The molecule has 6 heteroatoms. The lowest BCUT2D eigenvalue weighted by molar-refractivity contribution is 0.289. The molecular weight excluding hydrogens is 214 g/mol. The van der Waals surface area contributed by atoms with Crippen LogP contribution in [0.15, 0.2) is 24.3 Å². The molecule has 0 aromatic heterocycles. The predicted octanol–water partition coefficient (Wildman–Crippen LogP) is 1.50. The molecule has 0 radical (unpaired) electrons. The highest BCUT2D eigenvalue weighted by Gasteiger charge is 2.00. The Balaban J connectivity index is 2.71. The number of hydrogen-bond donors (Lipinski definition) is 0. The Kier molecular flexibility index (Phi) is 3.68. The minimum Gasteiger partial charge on any atom is -0.748 e. The average Bonchev–Trinajstić information content (AvgIpc) is 2.04. The monoisotopic (exact) mass is 220 g/mol. The predicted molar refractivity (Wildman–Crippen MR) is 49.9 cm³/mol. The van der Waals surface area contributed by atoms with Crippen LogP contribution in [0.3, 0.4) is 0 Å². The Labute approximate surface area is 83.5 Å². The summed E-state index contributed by atoms with van der Waals surface area (Å²) in [7, 11) is 1.49. The lowest BCUT2D eigenvalue weighted by Crippen LogP contribution is -2.18. The highest BCUT2D eigenvalue weighted by molar-refractivity contribution is 7.74. The molecule has 1 aromatic carbocycles. The number of benzene rings is 1. The second-order valence-corrected chi connectivity index (χ2v) is 3.25. The van der Waals surface area contributed by atoms with Crippen molar-refractivity contribution in [2.45, 2.75) is 0 Å². The molecule has 0 N–H and O–H groups in total. The van der Waals surface area contributed by atoms with Gasteiger partial charge in [0.05, 0.1) is 5.69 Å². The number of hydroxylamine groups is 1. The number of anilines is 1. The minimum atomic E-state index is -2.56. The summed E-state index contributed by atoms with van der Waals surface area (Å²) in [5.41, 5.74) is 0.605. The number of nitrogens with zero attached hydrogens (tertiary/aromatic N) is 1. The van der Waals surface area contributed by atoms with Gasteiger partial charge in [-0.1, -0.05) is 11.6 Å². The van der Waals surface area contributed by atoms with E-state index in [0.717, 1.165) is 5.06 Å². The molecule has 0 heterocycles. The van der Waals surface area contributed by atoms with Gasteiger partial charge in [0.25, 0.3) is 0 Å². The molecule has 0 spiro atoms. The Bertz CT molecular complexity index is 303. The molecule has 0 aliphatic carbocycles. The van der Waals surface area contributed by atoms with Crippen LogP contribution in [0.4, 0.5) is 5.69 Å². The van der Waals surface area contributed by atoms with Crippen LogP contribution in [-0.2, 0) is 15.6 Å². The third kappa shape index (κ3) is 3.31. The molecule has 0 bridgehead atoms. The van der Waals surface area contributed by atoms with Gasteiger partial charge in [-0.05, 0) is 24.3 Å². The SMILES string of the molecule is CN(OS(=O)[O-])c1ccc(Cl)cc1. The van der Waals surface area contributed by atoms with E-state index in [1.54, 1.807) is 24.3 Å². The lowest BCUT2D eigenvalue weighted by Gasteiger charge is -2.18. The van der Waals surface area contributed by atoms with Crippen LogP contribution in [0.25, 0.3) is 0 Å². The van der Waals surface area contributed by atoms with E-state index in [9.17, 15) is 8.76 Å². The van der Waals surface area contributed by atoms with E-state index in [1.165, 1.54) is 7.05 Å². The summed E-state index contributed by atoms with van der Waals surface area (Å²) < 4.78 is 24.7. The van der Waals surface area contributed by atoms with Crippen molar-refractivity contribution >= 4 is 28.6 Å². The second kappa shape index (κ2) is 4.57. The zero-order valence-electron chi connectivity index (χ0n) is 6.77. The third-order valence-corrected chi connectivity index (χ3v) is 1.96. The zero-order chi connectivity index (χ0) is 9.84. The summed E-state index contributed by atoms with van der Waals surface area (Å²) in [5.74, 6) is 0. The van der Waals surface area contributed by atoms with Gasteiger partial charge in [0.15, 0.2) is 0 Å². The number of rotatable bonds is 3. The van der Waals surface area contributed by atoms with Crippen LogP contribution in [-0.4, -0.2) is 15.8 Å². The van der Waals surface area contributed by atoms with E-state index in [1.807, 2.05) is 0 Å². The van der Waals surface area contributed by atoms with Gasteiger partial charge in [0.2, 0.25) is 0 Å². The average molecular weight is 221 g/mol. The maximum atomic E-state index is 10.2. The molecule has 0 saturated carbocycles. The highest BCUT2D eigenvalue weighted by Crippen LogP contribution is 2.16. The summed E-state index contributed by atoms with van der Waals surface area (Å²) in [4.78, 5) is 0. The first kappa shape index (κ1) is 10.5. The molecule has 0 fully saturated rings. The topological polar surface area (TPSA) is 52.6 Å². The Morgan fingerprint density at radius 2 is 2.00 bits per heavy atom. The van der Waals surface area contributed by atoms with Crippen LogP contribution in [0.1, 0.15) is 0 Å². The standard InChI is InChI=1S/C7H8ClNO3S/c1-9(12-13(10)11)7-4-2-6(8)3-5-7/h2-5H,1H3,(H,10,11)/p-1. The molecule has 0 aliphatic rings. The lowest BCUT2D eigenvalue weighted by atomic mass is 10.3. The van der Waals surface area contributed by atoms with Gasteiger partial charge in [-0.15, -0.1) is 0 Å². The Morgan fingerprint density at radius 3 is 2.46 bits per heavy atom. The first-order valence-electron chi connectivity index (χ1n) is 3.36. The fraction of sp³-hybridized carbons (Fsp3) is 0.143. The van der Waals surface area contributed by atoms with Gasteiger partial charge < -0.3 is 4.55 Å². The maximum absolute atomic E-state index is 10.2. The van der Waals surface area contributed by atoms with Crippen molar-refractivity contribution in [1.82, 2.24) is 0 Å². The van der Waals surface area contributed by atoms with Crippen molar-refractivity contribution in [3.63, 3.8) is 0 Å². The zero-order valence-corrected chi connectivity index (χ0v) is 8.34. The smallest absolute Gasteiger partial charge is 0.112 e. The Morgan fingerprint density at radius 1 is 1.46 bits per heavy atom. The molecular formula is C7H7ClNO3S-. The summed E-state index contributed by atoms with van der Waals surface area (Å²) >= 11 is 3.08. The Hall–Kier alpha value is -0.620.